The van der Waals surface area contributed by atoms with E-state index in [-0.39, 0.29) is 23.3 Å². The lowest BCUT2D eigenvalue weighted by Gasteiger charge is -2.52. The maximum atomic E-state index is 13.6. The molecule has 0 radical (unpaired) electrons. The van der Waals surface area contributed by atoms with Gasteiger partial charge in [0.15, 0.2) is 0 Å². The molecule has 0 aromatic carbocycles. The summed E-state index contributed by atoms with van der Waals surface area (Å²) in [7, 11) is 0. The first-order valence-corrected chi connectivity index (χ1v) is 10.3. The standard InChI is InChI=1S/C21H29N3O3/c25-19(17-6-4-10-22-16-17)24-13-5-7-21(8-14-27-15-9-21)18(24)20(26)23-11-2-1-3-12-23/h4,6,10,16,18H,1-3,5,7-9,11-15H2. The molecule has 0 aliphatic carbocycles. The van der Waals surface area contributed by atoms with Gasteiger partial charge in [-0.3, -0.25) is 14.6 Å². The SMILES string of the molecule is O=C(C1N(C(=O)c2cccnc2)CCCC12CCOCC2)N1CCCCC1. The summed E-state index contributed by atoms with van der Waals surface area (Å²) in [5, 5.41) is 0. The minimum atomic E-state index is -0.374. The molecule has 1 atom stereocenters. The Morgan fingerprint density at radius 1 is 1.04 bits per heavy atom. The van der Waals surface area contributed by atoms with Crippen molar-refractivity contribution < 1.29 is 14.3 Å². The summed E-state index contributed by atoms with van der Waals surface area (Å²) in [6.45, 7) is 3.63. The van der Waals surface area contributed by atoms with Gasteiger partial charge in [-0.25, -0.2) is 0 Å². The quantitative estimate of drug-likeness (QED) is 0.801. The number of hydrogen-bond donors (Lipinski definition) is 0. The van der Waals surface area contributed by atoms with Gasteiger partial charge in [-0.2, -0.15) is 0 Å². The van der Waals surface area contributed by atoms with Crippen LogP contribution in [-0.2, 0) is 9.53 Å². The molecule has 3 aliphatic rings. The molecule has 3 aliphatic heterocycles. The van der Waals surface area contributed by atoms with Gasteiger partial charge in [0.25, 0.3) is 5.91 Å². The van der Waals surface area contributed by atoms with Crippen LogP contribution in [0.2, 0.25) is 0 Å². The molecule has 27 heavy (non-hydrogen) atoms. The number of ether oxygens (including phenoxy) is 1. The lowest BCUT2D eigenvalue weighted by molar-refractivity contribution is -0.149. The number of aromatic nitrogens is 1. The number of piperidine rings is 2. The Bertz CT molecular complexity index is 661. The van der Waals surface area contributed by atoms with Crippen LogP contribution in [0, 0.1) is 5.41 Å². The normalized spacial score (nSPS) is 25.4. The van der Waals surface area contributed by atoms with Gasteiger partial charge in [0, 0.05) is 50.7 Å². The minimum absolute atomic E-state index is 0.0657. The highest BCUT2D eigenvalue weighted by atomic mass is 16.5. The van der Waals surface area contributed by atoms with Crippen LogP contribution >= 0.6 is 0 Å². The van der Waals surface area contributed by atoms with E-state index in [0.29, 0.717) is 25.3 Å². The predicted molar refractivity (Wildman–Crippen MR) is 101 cm³/mol. The van der Waals surface area contributed by atoms with Crippen molar-refractivity contribution in [3.8, 4) is 0 Å². The lowest BCUT2D eigenvalue weighted by Crippen LogP contribution is -2.63. The Labute approximate surface area is 160 Å². The lowest BCUT2D eigenvalue weighted by atomic mass is 9.67. The van der Waals surface area contributed by atoms with E-state index in [1.165, 1.54) is 6.42 Å². The molecule has 1 spiro atoms. The maximum Gasteiger partial charge on any atom is 0.256 e. The average molecular weight is 371 g/mol. The van der Waals surface area contributed by atoms with Crippen LogP contribution in [0.25, 0.3) is 0 Å². The minimum Gasteiger partial charge on any atom is -0.381 e. The zero-order valence-electron chi connectivity index (χ0n) is 15.9. The van der Waals surface area contributed by atoms with Crippen LogP contribution < -0.4 is 0 Å². The highest BCUT2D eigenvalue weighted by molar-refractivity contribution is 5.97. The molecule has 3 fully saturated rings. The molecular formula is C21H29N3O3. The van der Waals surface area contributed by atoms with Crippen molar-refractivity contribution in [1.82, 2.24) is 14.8 Å². The summed E-state index contributed by atoms with van der Waals surface area (Å²) < 4.78 is 5.61. The summed E-state index contributed by atoms with van der Waals surface area (Å²) in [6.07, 6.45) is 10.2. The van der Waals surface area contributed by atoms with Gasteiger partial charge in [-0.05, 0) is 57.1 Å². The van der Waals surface area contributed by atoms with E-state index in [1.54, 1.807) is 24.5 Å². The van der Waals surface area contributed by atoms with Crippen molar-refractivity contribution >= 4 is 11.8 Å². The van der Waals surface area contributed by atoms with Gasteiger partial charge in [-0.1, -0.05) is 0 Å². The predicted octanol–water partition coefficient (Wildman–Crippen LogP) is 2.50. The zero-order valence-corrected chi connectivity index (χ0v) is 15.9. The van der Waals surface area contributed by atoms with Crippen LogP contribution in [0.4, 0.5) is 0 Å². The largest absolute Gasteiger partial charge is 0.381 e. The molecule has 0 bridgehead atoms. The Morgan fingerprint density at radius 2 is 1.81 bits per heavy atom. The van der Waals surface area contributed by atoms with Crippen molar-refractivity contribution in [2.24, 2.45) is 5.41 Å². The van der Waals surface area contributed by atoms with Gasteiger partial charge in [0.1, 0.15) is 6.04 Å². The van der Waals surface area contributed by atoms with Gasteiger partial charge in [0.2, 0.25) is 5.91 Å². The van der Waals surface area contributed by atoms with Crippen molar-refractivity contribution in [2.75, 3.05) is 32.8 Å². The fourth-order valence-corrected chi connectivity index (χ4v) is 5.06. The van der Waals surface area contributed by atoms with Crippen molar-refractivity contribution in [3.63, 3.8) is 0 Å². The number of nitrogens with zero attached hydrogens (tertiary/aromatic N) is 3. The van der Waals surface area contributed by atoms with Crippen LogP contribution in [0.1, 0.15) is 55.3 Å². The van der Waals surface area contributed by atoms with Gasteiger partial charge in [0.05, 0.1) is 5.56 Å². The van der Waals surface area contributed by atoms with Crippen molar-refractivity contribution in [1.29, 1.82) is 0 Å². The third-order valence-electron chi connectivity index (χ3n) is 6.52. The van der Waals surface area contributed by atoms with Crippen LogP contribution in [-0.4, -0.2) is 65.5 Å². The molecule has 6 heteroatoms. The fourth-order valence-electron chi connectivity index (χ4n) is 5.06. The topological polar surface area (TPSA) is 62.7 Å². The molecule has 6 nitrogen and oxygen atoms in total. The molecule has 146 valence electrons. The first-order chi connectivity index (χ1) is 13.2. The third-order valence-corrected chi connectivity index (χ3v) is 6.52. The first-order valence-electron chi connectivity index (χ1n) is 10.3. The monoisotopic (exact) mass is 371 g/mol. The van der Waals surface area contributed by atoms with Crippen molar-refractivity contribution in [2.45, 2.75) is 51.0 Å². The van der Waals surface area contributed by atoms with E-state index in [2.05, 4.69) is 4.98 Å². The van der Waals surface area contributed by atoms with E-state index in [0.717, 1.165) is 51.6 Å². The third kappa shape index (κ3) is 3.59. The molecule has 1 aromatic heterocycles. The second-order valence-electron chi connectivity index (χ2n) is 8.11. The second kappa shape index (κ2) is 7.97. The van der Waals surface area contributed by atoms with E-state index in [9.17, 15) is 9.59 Å². The van der Waals surface area contributed by atoms with E-state index in [1.807, 2.05) is 9.80 Å². The molecule has 4 heterocycles. The van der Waals surface area contributed by atoms with E-state index >= 15 is 0 Å². The van der Waals surface area contributed by atoms with Gasteiger partial charge < -0.3 is 14.5 Å². The highest BCUT2D eigenvalue weighted by Crippen LogP contribution is 2.45. The molecule has 1 unspecified atom stereocenters. The second-order valence-corrected chi connectivity index (χ2v) is 8.11. The number of carbonyl (C=O) groups excluding carboxylic acids is 2. The first kappa shape index (κ1) is 18.4. The zero-order chi connectivity index (χ0) is 18.7. The maximum absolute atomic E-state index is 13.6. The summed E-state index contributed by atoms with van der Waals surface area (Å²) in [5.41, 5.74) is 0.418. The number of rotatable bonds is 2. The molecule has 3 saturated heterocycles. The Hall–Kier alpha value is -1.95. The van der Waals surface area contributed by atoms with Gasteiger partial charge in [-0.15, -0.1) is 0 Å². The summed E-state index contributed by atoms with van der Waals surface area (Å²) in [4.78, 5) is 34.9. The summed E-state index contributed by atoms with van der Waals surface area (Å²) >= 11 is 0. The van der Waals surface area contributed by atoms with Crippen LogP contribution in [0.3, 0.4) is 0 Å². The summed E-state index contributed by atoms with van der Waals surface area (Å²) in [5.74, 6) is 0.0811. The number of pyridine rings is 1. The molecule has 1 aromatic rings. The van der Waals surface area contributed by atoms with Crippen LogP contribution in [0.5, 0.6) is 0 Å². The molecule has 2 amide bonds. The fraction of sp³-hybridized carbons (Fsp3) is 0.667. The molecule has 4 rings (SSSR count). The van der Waals surface area contributed by atoms with Gasteiger partial charge >= 0.3 is 0 Å². The molecule has 0 N–H and O–H groups in total. The molecular weight excluding hydrogens is 342 g/mol. The molecule has 0 saturated carbocycles. The highest BCUT2D eigenvalue weighted by Gasteiger charge is 2.51. The Balaban J connectivity index is 1.67. The Morgan fingerprint density at radius 3 is 2.52 bits per heavy atom. The van der Waals surface area contributed by atoms with Crippen LogP contribution in [0.15, 0.2) is 24.5 Å². The van der Waals surface area contributed by atoms with E-state index < -0.39 is 0 Å². The number of likely N-dealkylation sites (tertiary alicyclic amines) is 2. The van der Waals surface area contributed by atoms with Crippen molar-refractivity contribution in [3.05, 3.63) is 30.1 Å². The summed E-state index contributed by atoms with van der Waals surface area (Å²) in [6, 6.07) is 3.20. The van der Waals surface area contributed by atoms with E-state index in [4.69, 9.17) is 4.74 Å². The average Bonchev–Trinajstić information content (AvgIpc) is 2.74. The smallest absolute Gasteiger partial charge is 0.256 e. The number of hydrogen-bond acceptors (Lipinski definition) is 4. The Kier molecular flexibility index (Phi) is 5.43. The number of carbonyl (C=O) groups is 2. The number of amides is 2.